The number of nitriles is 1. The molecule has 2 unspecified atom stereocenters. The van der Waals surface area contributed by atoms with E-state index in [1.807, 2.05) is 13.8 Å². The van der Waals surface area contributed by atoms with Gasteiger partial charge in [-0.2, -0.15) is 5.26 Å². The topological polar surface area (TPSA) is 67.2 Å². The van der Waals surface area contributed by atoms with Crippen molar-refractivity contribution >= 4 is 16.8 Å². The fourth-order valence-electron chi connectivity index (χ4n) is 1.32. The summed E-state index contributed by atoms with van der Waals surface area (Å²) in [6.45, 7) is 5.52. The number of ether oxygens (including phenoxy) is 1. The highest BCUT2D eigenvalue weighted by molar-refractivity contribution is 7.85. The minimum absolute atomic E-state index is 0.185. The van der Waals surface area contributed by atoms with Gasteiger partial charge in [-0.3, -0.25) is 9.00 Å². The number of methoxy groups -OCH3 is 1. The van der Waals surface area contributed by atoms with Crippen LogP contribution in [0.2, 0.25) is 0 Å². The van der Waals surface area contributed by atoms with Gasteiger partial charge in [0.2, 0.25) is 0 Å². The zero-order chi connectivity index (χ0) is 13.5. The molecule has 0 aliphatic carbocycles. The van der Waals surface area contributed by atoms with Gasteiger partial charge in [0.1, 0.15) is 0 Å². The first-order valence-corrected chi connectivity index (χ1v) is 7.06. The standard InChI is InChI=1S/C12H21NO3S/c1-10(8-11(14)16-4)17(15)7-5-6-12(2,3)9-13/h10H,5-8H2,1-4H3. The van der Waals surface area contributed by atoms with Gasteiger partial charge in [-0.15, -0.1) is 0 Å². The van der Waals surface area contributed by atoms with Crippen LogP contribution in [0.25, 0.3) is 0 Å². The third-order valence-electron chi connectivity index (χ3n) is 2.58. The van der Waals surface area contributed by atoms with Gasteiger partial charge in [0, 0.05) is 21.8 Å². The molecule has 0 aromatic rings. The van der Waals surface area contributed by atoms with E-state index in [0.29, 0.717) is 5.75 Å². The maximum absolute atomic E-state index is 11.8. The molecule has 0 aliphatic heterocycles. The van der Waals surface area contributed by atoms with E-state index in [1.54, 1.807) is 6.92 Å². The number of carbonyl (C=O) groups excluding carboxylic acids is 1. The van der Waals surface area contributed by atoms with Gasteiger partial charge in [0.15, 0.2) is 0 Å². The van der Waals surface area contributed by atoms with Crippen molar-refractivity contribution in [1.29, 1.82) is 5.26 Å². The zero-order valence-electron chi connectivity index (χ0n) is 11.0. The number of hydrogen-bond donors (Lipinski definition) is 0. The van der Waals surface area contributed by atoms with Gasteiger partial charge < -0.3 is 4.74 Å². The summed E-state index contributed by atoms with van der Waals surface area (Å²) in [6, 6.07) is 2.21. The van der Waals surface area contributed by atoms with E-state index in [9.17, 15) is 9.00 Å². The number of rotatable bonds is 7. The Kier molecular flexibility index (Phi) is 7.05. The first kappa shape index (κ1) is 16.1. The summed E-state index contributed by atoms with van der Waals surface area (Å²) >= 11 is 0. The molecule has 0 heterocycles. The van der Waals surface area contributed by atoms with Gasteiger partial charge in [0.05, 0.1) is 25.0 Å². The fourth-order valence-corrected chi connectivity index (χ4v) is 2.48. The Balaban J connectivity index is 3.95. The van der Waals surface area contributed by atoms with Crippen LogP contribution in [-0.2, 0) is 20.3 Å². The Hall–Kier alpha value is -0.890. The molecule has 0 aliphatic rings. The second-order valence-corrected chi connectivity index (χ2v) is 6.75. The molecule has 0 saturated carbocycles. The van der Waals surface area contributed by atoms with Crippen LogP contribution >= 0.6 is 0 Å². The predicted molar refractivity (Wildman–Crippen MR) is 67.7 cm³/mol. The summed E-state index contributed by atoms with van der Waals surface area (Å²) in [5.41, 5.74) is -0.365. The van der Waals surface area contributed by atoms with Crippen LogP contribution < -0.4 is 0 Å². The molecular weight excluding hydrogens is 238 g/mol. The third kappa shape index (κ3) is 7.11. The molecule has 17 heavy (non-hydrogen) atoms. The Morgan fingerprint density at radius 3 is 2.59 bits per heavy atom. The number of carbonyl (C=O) groups is 1. The van der Waals surface area contributed by atoms with E-state index in [2.05, 4.69) is 10.8 Å². The summed E-state index contributed by atoms with van der Waals surface area (Å²) in [5, 5.41) is 8.64. The van der Waals surface area contributed by atoms with Crippen LogP contribution in [0, 0.1) is 16.7 Å². The van der Waals surface area contributed by atoms with Crippen molar-refractivity contribution in [1.82, 2.24) is 0 Å². The molecule has 2 atom stereocenters. The van der Waals surface area contributed by atoms with Crippen LogP contribution in [0.1, 0.15) is 40.0 Å². The number of nitrogens with zero attached hydrogens (tertiary/aromatic N) is 1. The maximum Gasteiger partial charge on any atom is 0.306 e. The van der Waals surface area contributed by atoms with E-state index >= 15 is 0 Å². The Bertz CT molecular complexity index is 320. The first-order valence-electron chi connectivity index (χ1n) is 5.67. The predicted octanol–water partition coefficient (Wildman–Crippen LogP) is 2.02. The molecule has 0 saturated heterocycles. The molecule has 4 nitrogen and oxygen atoms in total. The SMILES string of the molecule is COC(=O)CC(C)S(=O)CCCC(C)(C)C#N. The largest absolute Gasteiger partial charge is 0.469 e. The van der Waals surface area contributed by atoms with Crippen LogP contribution in [0.3, 0.4) is 0 Å². The monoisotopic (exact) mass is 259 g/mol. The number of hydrogen-bond acceptors (Lipinski definition) is 4. The summed E-state index contributed by atoms with van der Waals surface area (Å²) in [5.74, 6) is 0.201. The minimum atomic E-state index is -1.03. The normalized spacial score (nSPS) is 14.8. The van der Waals surface area contributed by atoms with Crippen molar-refractivity contribution < 1.29 is 13.7 Å². The van der Waals surface area contributed by atoms with Crippen molar-refractivity contribution in [3.8, 4) is 6.07 Å². The third-order valence-corrected chi connectivity index (χ3v) is 4.34. The smallest absolute Gasteiger partial charge is 0.306 e. The average molecular weight is 259 g/mol. The molecule has 0 N–H and O–H groups in total. The van der Waals surface area contributed by atoms with Crippen LogP contribution in [0.4, 0.5) is 0 Å². The van der Waals surface area contributed by atoms with Gasteiger partial charge in [-0.25, -0.2) is 0 Å². The Morgan fingerprint density at radius 2 is 2.12 bits per heavy atom. The molecule has 0 amide bonds. The average Bonchev–Trinajstić information content (AvgIpc) is 2.28. The van der Waals surface area contributed by atoms with E-state index in [4.69, 9.17) is 5.26 Å². The molecule has 0 spiro atoms. The summed E-state index contributed by atoms with van der Waals surface area (Å²) < 4.78 is 16.3. The minimum Gasteiger partial charge on any atom is -0.469 e. The van der Waals surface area contributed by atoms with Crippen LogP contribution in [0.15, 0.2) is 0 Å². The highest BCUT2D eigenvalue weighted by Gasteiger charge is 2.19. The number of esters is 1. The highest BCUT2D eigenvalue weighted by Crippen LogP contribution is 2.21. The zero-order valence-corrected chi connectivity index (χ0v) is 11.8. The summed E-state index contributed by atoms with van der Waals surface area (Å²) in [6.07, 6.45) is 1.64. The molecule has 0 rings (SSSR count). The summed E-state index contributed by atoms with van der Waals surface area (Å²) in [7, 11) is 0.293. The molecule has 98 valence electrons. The quantitative estimate of drug-likeness (QED) is 0.656. The van der Waals surface area contributed by atoms with E-state index in [0.717, 1.165) is 12.8 Å². The molecule has 0 aromatic carbocycles. The van der Waals surface area contributed by atoms with Crippen molar-refractivity contribution in [2.45, 2.75) is 45.3 Å². The van der Waals surface area contributed by atoms with Gasteiger partial charge in [0.25, 0.3) is 0 Å². The Morgan fingerprint density at radius 1 is 1.53 bits per heavy atom. The Labute approximate surface area is 106 Å². The van der Waals surface area contributed by atoms with Crippen LogP contribution in [0.5, 0.6) is 0 Å². The van der Waals surface area contributed by atoms with Gasteiger partial charge >= 0.3 is 5.97 Å². The molecule has 0 fully saturated rings. The lowest BCUT2D eigenvalue weighted by Gasteiger charge is -2.15. The molecular formula is C12H21NO3S. The van der Waals surface area contributed by atoms with Gasteiger partial charge in [-0.1, -0.05) is 6.92 Å². The molecule has 0 radical (unpaired) electrons. The molecule has 5 heteroatoms. The summed E-state index contributed by atoms with van der Waals surface area (Å²) in [4.78, 5) is 11.0. The van der Waals surface area contributed by atoms with E-state index in [-0.39, 0.29) is 23.1 Å². The molecule has 0 aromatic heterocycles. The highest BCUT2D eigenvalue weighted by atomic mass is 32.2. The van der Waals surface area contributed by atoms with Crippen LogP contribution in [-0.4, -0.2) is 28.3 Å². The second kappa shape index (κ2) is 7.44. The van der Waals surface area contributed by atoms with Gasteiger partial charge in [-0.05, 0) is 26.7 Å². The second-order valence-electron chi connectivity index (χ2n) is 4.77. The fraction of sp³-hybridized carbons (Fsp3) is 0.833. The lowest BCUT2D eigenvalue weighted by atomic mass is 9.90. The van der Waals surface area contributed by atoms with E-state index < -0.39 is 10.8 Å². The van der Waals surface area contributed by atoms with E-state index in [1.165, 1.54) is 7.11 Å². The van der Waals surface area contributed by atoms with Crippen molar-refractivity contribution in [3.05, 3.63) is 0 Å². The maximum atomic E-state index is 11.8. The molecule has 0 bridgehead atoms. The van der Waals surface area contributed by atoms with Crippen molar-refractivity contribution in [3.63, 3.8) is 0 Å². The van der Waals surface area contributed by atoms with Crippen molar-refractivity contribution in [2.75, 3.05) is 12.9 Å². The van der Waals surface area contributed by atoms with Crippen molar-refractivity contribution in [2.24, 2.45) is 5.41 Å². The lowest BCUT2D eigenvalue weighted by Crippen LogP contribution is -2.20. The lowest BCUT2D eigenvalue weighted by molar-refractivity contribution is -0.140. The first-order chi connectivity index (χ1) is 7.82.